The number of hydrogen-bond acceptors (Lipinski definition) is 6. The molecule has 0 aliphatic carbocycles. The molecule has 0 fully saturated rings. The standard InChI is InChI=1S/C21H18Cl2N2O5/c1-3-30-21(28)18-16(20(27)29-2)17(24-14-8-4-6-12(22)10-14)19(26)25(18)15-9-5-7-13(23)11-15/h4-11,18,24H,3H2,1-2H3. The summed E-state index contributed by atoms with van der Waals surface area (Å²) < 4.78 is 10.0. The summed E-state index contributed by atoms with van der Waals surface area (Å²) in [4.78, 5) is 40.0. The first-order valence-electron chi connectivity index (χ1n) is 8.98. The molecule has 1 N–H and O–H groups in total. The SMILES string of the molecule is CCOC(=O)C1C(C(=O)OC)=C(Nc2cccc(Cl)c2)C(=O)N1c1cccc(Cl)c1. The fourth-order valence-electron chi connectivity index (χ4n) is 3.11. The Morgan fingerprint density at radius 2 is 1.77 bits per heavy atom. The quantitative estimate of drug-likeness (QED) is 0.676. The molecular weight excluding hydrogens is 431 g/mol. The van der Waals surface area contributed by atoms with E-state index in [1.807, 2.05) is 0 Å². The molecule has 7 nitrogen and oxygen atoms in total. The van der Waals surface area contributed by atoms with Crippen molar-refractivity contribution in [2.75, 3.05) is 23.9 Å². The van der Waals surface area contributed by atoms with E-state index in [0.717, 1.165) is 4.90 Å². The Hall–Kier alpha value is -3.03. The molecule has 1 aliphatic heterocycles. The second-order valence-electron chi connectivity index (χ2n) is 6.23. The highest BCUT2D eigenvalue weighted by Crippen LogP contribution is 2.35. The van der Waals surface area contributed by atoms with Crippen LogP contribution in [-0.2, 0) is 23.9 Å². The number of methoxy groups -OCH3 is 1. The Morgan fingerprint density at radius 3 is 2.37 bits per heavy atom. The molecule has 1 atom stereocenters. The second-order valence-corrected chi connectivity index (χ2v) is 7.10. The summed E-state index contributed by atoms with van der Waals surface area (Å²) in [5, 5.41) is 3.69. The van der Waals surface area contributed by atoms with Crippen molar-refractivity contribution in [3.05, 3.63) is 69.8 Å². The van der Waals surface area contributed by atoms with Crippen molar-refractivity contribution in [2.45, 2.75) is 13.0 Å². The van der Waals surface area contributed by atoms with Gasteiger partial charge >= 0.3 is 11.9 Å². The second kappa shape index (κ2) is 9.19. The monoisotopic (exact) mass is 448 g/mol. The maximum atomic E-state index is 13.4. The lowest BCUT2D eigenvalue weighted by molar-refractivity contribution is -0.146. The summed E-state index contributed by atoms with van der Waals surface area (Å²) in [5.41, 5.74) is 0.515. The molecule has 0 saturated heterocycles. The minimum atomic E-state index is -1.34. The normalized spacial score (nSPS) is 15.9. The first-order valence-corrected chi connectivity index (χ1v) is 9.73. The zero-order valence-corrected chi connectivity index (χ0v) is 17.7. The fraction of sp³-hybridized carbons (Fsp3) is 0.190. The van der Waals surface area contributed by atoms with Crippen LogP contribution >= 0.6 is 23.2 Å². The van der Waals surface area contributed by atoms with E-state index in [0.29, 0.717) is 21.4 Å². The number of nitrogens with zero attached hydrogens (tertiary/aromatic N) is 1. The number of ether oxygens (including phenoxy) is 2. The Kier molecular flexibility index (Phi) is 6.64. The van der Waals surface area contributed by atoms with Gasteiger partial charge in [-0.25, -0.2) is 9.59 Å². The number of carbonyl (C=O) groups excluding carboxylic acids is 3. The number of nitrogens with one attached hydrogen (secondary N) is 1. The van der Waals surface area contributed by atoms with E-state index < -0.39 is 23.9 Å². The summed E-state index contributed by atoms with van der Waals surface area (Å²) in [6.45, 7) is 1.70. The van der Waals surface area contributed by atoms with Crippen LogP contribution in [-0.4, -0.2) is 37.6 Å². The minimum Gasteiger partial charge on any atom is -0.466 e. The van der Waals surface area contributed by atoms with E-state index in [1.165, 1.54) is 13.2 Å². The molecule has 0 saturated carbocycles. The van der Waals surface area contributed by atoms with E-state index >= 15 is 0 Å². The Morgan fingerprint density at radius 1 is 1.10 bits per heavy atom. The van der Waals surface area contributed by atoms with Gasteiger partial charge in [0.2, 0.25) is 0 Å². The maximum Gasteiger partial charge on any atom is 0.338 e. The Labute approximate surface area is 183 Å². The third-order valence-electron chi connectivity index (χ3n) is 4.33. The zero-order chi connectivity index (χ0) is 21.8. The molecular formula is C21H18Cl2N2O5. The molecule has 1 amide bonds. The van der Waals surface area contributed by atoms with Crippen LogP contribution in [0.2, 0.25) is 10.0 Å². The molecule has 0 bridgehead atoms. The Bertz CT molecular complexity index is 1040. The summed E-state index contributed by atoms with van der Waals surface area (Å²) in [6, 6.07) is 11.6. The van der Waals surface area contributed by atoms with Gasteiger partial charge in [0, 0.05) is 21.4 Å². The summed E-state index contributed by atoms with van der Waals surface area (Å²) >= 11 is 12.1. The van der Waals surface area contributed by atoms with Gasteiger partial charge in [-0.2, -0.15) is 0 Å². The summed E-state index contributed by atoms with van der Waals surface area (Å²) in [7, 11) is 1.17. The van der Waals surface area contributed by atoms with E-state index in [9.17, 15) is 14.4 Å². The molecule has 9 heteroatoms. The van der Waals surface area contributed by atoms with E-state index in [1.54, 1.807) is 49.4 Å². The number of anilines is 2. The average Bonchev–Trinajstić information content (AvgIpc) is 3.00. The Balaban J connectivity index is 2.16. The number of carbonyl (C=O) groups is 3. The van der Waals surface area contributed by atoms with Crippen molar-refractivity contribution in [1.29, 1.82) is 0 Å². The van der Waals surface area contributed by atoms with Crippen molar-refractivity contribution in [1.82, 2.24) is 0 Å². The number of benzene rings is 2. The smallest absolute Gasteiger partial charge is 0.338 e. The van der Waals surface area contributed by atoms with Gasteiger partial charge in [-0.05, 0) is 43.3 Å². The van der Waals surface area contributed by atoms with Crippen LogP contribution in [0.15, 0.2) is 59.8 Å². The van der Waals surface area contributed by atoms with Crippen LogP contribution in [0.4, 0.5) is 11.4 Å². The maximum absolute atomic E-state index is 13.4. The van der Waals surface area contributed by atoms with Gasteiger partial charge in [-0.1, -0.05) is 35.3 Å². The molecule has 1 aliphatic rings. The molecule has 2 aromatic carbocycles. The first kappa shape index (κ1) is 21.7. The van der Waals surface area contributed by atoms with Gasteiger partial charge < -0.3 is 14.8 Å². The van der Waals surface area contributed by atoms with E-state index in [4.69, 9.17) is 32.7 Å². The predicted molar refractivity (Wildman–Crippen MR) is 113 cm³/mol. The number of amides is 1. The molecule has 30 heavy (non-hydrogen) atoms. The number of hydrogen-bond donors (Lipinski definition) is 1. The van der Waals surface area contributed by atoms with Crippen LogP contribution in [0.25, 0.3) is 0 Å². The number of esters is 2. The van der Waals surface area contributed by atoms with Crippen LogP contribution < -0.4 is 10.2 Å². The minimum absolute atomic E-state index is 0.0679. The third-order valence-corrected chi connectivity index (χ3v) is 4.80. The fourth-order valence-corrected chi connectivity index (χ4v) is 3.49. The lowest BCUT2D eigenvalue weighted by Crippen LogP contribution is -2.43. The van der Waals surface area contributed by atoms with E-state index in [-0.39, 0.29) is 17.9 Å². The highest BCUT2D eigenvalue weighted by Gasteiger charge is 2.49. The van der Waals surface area contributed by atoms with Crippen LogP contribution in [0.3, 0.4) is 0 Å². The molecule has 1 unspecified atom stereocenters. The van der Waals surface area contributed by atoms with Gasteiger partial charge in [0.1, 0.15) is 11.3 Å². The largest absolute Gasteiger partial charge is 0.466 e. The van der Waals surface area contributed by atoms with Crippen molar-refractivity contribution in [3.63, 3.8) is 0 Å². The van der Waals surface area contributed by atoms with Crippen molar-refractivity contribution in [2.24, 2.45) is 0 Å². The molecule has 2 aromatic rings. The first-order chi connectivity index (χ1) is 14.4. The number of rotatable bonds is 6. The van der Waals surface area contributed by atoms with Crippen molar-refractivity contribution >= 4 is 52.4 Å². The highest BCUT2D eigenvalue weighted by atomic mass is 35.5. The van der Waals surface area contributed by atoms with Crippen molar-refractivity contribution < 1.29 is 23.9 Å². The topological polar surface area (TPSA) is 84.9 Å². The van der Waals surface area contributed by atoms with E-state index in [2.05, 4.69) is 5.32 Å². The molecule has 3 rings (SSSR count). The van der Waals surface area contributed by atoms with Crippen LogP contribution in [0.5, 0.6) is 0 Å². The molecule has 0 spiro atoms. The van der Waals surface area contributed by atoms with Gasteiger partial charge in [-0.3, -0.25) is 9.69 Å². The molecule has 156 valence electrons. The van der Waals surface area contributed by atoms with Crippen LogP contribution in [0, 0.1) is 0 Å². The number of halogens is 2. The molecule has 0 aromatic heterocycles. The predicted octanol–water partition coefficient (Wildman–Crippen LogP) is 3.81. The van der Waals surface area contributed by atoms with Gasteiger partial charge in [0.05, 0.1) is 13.7 Å². The average molecular weight is 449 g/mol. The molecule has 0 radical (unpaired) electrons. The van der Waals surface area contributed by atoms with Gasteiger partial charge in [0.15, 0.2) is 6.04 Å². The van der Waals surface area contributed by atoms with Gasteiger partial charge in [-0.15, -0.1) is 0 Å². The highest BCUT2D eigenvalue weighted by molar-refractivity contribution is 6.31. The third kappa shape index (κ3) is 4.27. The summed E-state index contributed by atoms with van der Waals surface area (Å²) in [6.07, 6.45) is 0. The lowest BCUT2D eigenvalue weighted by atomic mass is 10.1. The summed E-state index contributed by atoms with van der Waals surface area (Å²) in [5.74, 6) is -2.22. The zero-order valence-electron chi connectivity index (χ0n) is 16.1. The van der Waals surface area contributed by atoms with Crippen molar-refractivity contribution in [3.8, 4) is 0 Å². The van der Waals surface area contributed by atoms with Gasteiger partial charge in [0.25, 0.3) is 5.91 Å². The lowest BCUT2D eigenvalue weighted by Gasteiger charge is -2.24. The van der Waals surface area contributed by atoms with Crippen LogP contribution in [0.1, 0.15) is 6.92 Å². The molecule has 1 heterocycles.